The van der Waals surface area contributed by atoms with Crippen LogP contribution in [-0.2, 0) is 18.9 Å². The molecule has 2 atom stereocenters. The van der Waals surface area contributed by atoms with Crippen molar-refractivity contribution in [2.75, 3.05) is 0 Å². The van der Waals surface area contributed by atoms with Crippen LogP contribution in [0.1, 0.15) is 52.5 Å². The molecule has 1 aromatic heterocycles. The number of hydrogen-bond donors (Lipinski definition) is 0. The molecular formula is C20H15BrF6N2O2. The molecule has 0 bridgehead atoms. The van der Waals surface area contributed by atoms with E-state index in [2.05, 4.69) is 15.9 Å². The van der Waals surface area contributed by atoms with Gasteiger partial charge in [-0.1, -0.05) is 0 Å². The Labute approximate surface area is 180 Å². The van der Waals surface area contributed by atoms with Crippen molar-refractivity contribution < 1.29 is 31.1 Å². The number of hydrogen-bond acceptors (Lipinski definition) is 2. The number of pyridine rings is 1. The van der Waals surface area contributed by atoms with E-state index in [1.807, 2.05) is 0 Å². The molecule has 4 rings (SSSR count). The highest BCUT2D eigenvalue weighted by molar-refractivity contribution is 9.10. The largest absolute Gasteiger partial charge is 0.416 e. The van der Waals surface area contributed by atoms with Gasteiger partial charge in [-0.3, -0.25) is 9.59 Å². The molecule has 4 nitrogen and oxygen atoms in total. The fraction of sp³-hybridized carbons (Fsp3) is 0.400. The van der Waals surface area contributed by atoms with Gasteiger partial charge < -0.3 is 9.47 Å². The molecule has 3 heterocycles. The van der Waals surface area contributed by atoms with Gasteiger partial charge in [0.1, 0.15) is 5.69 Å². The van der Waals surface area contributed by atoms with Gasteiger partial charge >= 0.3 is 12.4 Å². The minimum absolute atomic E-state index is 0.0550. The number of carbonyl (C=O) groups is 1. The summed E-state index contributed by atoms with van der Waals surface area (Å²) < 4.78 is 81.4. The highest BCUT2D eigenvalue weighted by Crippen LogP contribution is 2.42. The third-order valence-corrected chi connectivity index (χ3v) is 6.32. The lowest BCUT2D eigenvalue weighted by Crippen LogP contribution is -2.54. The second-order valence-electron chi connectivity index (χ2n) is 7.63. The Morgan fingerprint density at radius 3 is 2.10 bits per heavy atom. The summed E-state index contributed by atoms with van der Waals surface area (Å²) in [7, 11) is 0. The Bertz CT molecular complexity index is 1080. The Kier molecular flexibility index (Phi) is 5.22. The average Bonchev–Trinajstić information content (AvgIpc) is 2.69. The Balaban J connectivity index is 1.83. The summed E-state index contributed by atoms with van der Waals surface area (Å²) in [5.41, 5.74) is -3.40. The number of benzene rings is 1. The van der Waals surface area contributed by atoms with Gasteiger partial charge in [0.15, 0.2) is 0 Å². The average molecular weight is 509 g/mol. The van der Waals surface area contributed by atoms with Gasteiger partial charge in [0.25, 0.3) is 11.5 Å². The quantitative estimate of drug-likeness (QED) is 0.484. The van der Waals surface area contributed by atoms with E-state index in [0.717, 1.165) is 0 Å². The highest BCUT2D eigenvalue weighted by Gasteiger charge is 2.43. The number of fused-ring (bicyclic) bond motifs is 2. The number of alkyl halides is 6. The molecule has 0 N–H and O–H groups in total. The van der Waals surface area contributed by atoms with Crippen molar-refractivity contribution in [1.29, 1.82) is 0 Å². The second-order valence-corrected chi connectivity index (χ2v) is 8.49. The van der Waals surface area contributed by atoms with E-state index in [-0.39, 0.29) is 34.8 Å². The van der Waals surface area contributed by atoms with Crippen LogP contribution >= 0.6 is 15.9 Å². The molecule has 1 aromatic carbocycles. The van der Waals surface area contributed by atoms with E-state index in [4.69, 9.17) is 0 Å². The molecule has 1 saturated heterocycles. The lowest BCUT2D eigenvalue weighted by molar-refractivity contribution is -0.143. The number of piperidine rings is 1. The van der Waals surface area contributed by atoms with Crippen molar-refractivity contribution in [2.24, 2.45) is 0 Å². The molecular weight excluding hydrogens is 494 g/mol. The van der Waals surface area contributed by atoms with Crippen LogP contribution < -0.4 is 5.56 Å². The molecule has 2 aliphatic rings. The van der Waals surface area contributed by atoms with Crippen molar-refractivity contribution in [3.05, 3.63) is 67.5 Å². The van der Waals surface area contributed by atoms with Crippen molar-refractivity contribution in [3.63, 3.8) is 0 Å². The Morgan fingerprint density at radius 1 is 0.903 bits per heavy atom. The fourth-order valence-corrected chi connectivity index (χ4v) is 4.67. The summed E-state index contributed by atoms with van der Waals surface area (Å²) in [6.07, 6.45) is -8.73. The zero-order valence-corrected chi connectivity index (χ0v) is 17.3. The van der Waals surface area contributed by atoms with Gasteiger partial charge in [-0.25, -0.2) is 0 Å². The van der Waals surface area contributed by atoms with Gasteiger partial charge in [-0.2, -0.15) is 26.3 Å². The molecule has 2 aromatic rings. The maximum Gasteiger partial charge on any atom is 0.416 e. The lowest BCUT2D eigenvalue weighted by atomic mass is 9.87. The lowest BCUT2D eigenvalue weighted by Gasteiger charge is -2.46. The van der Waals surface area contributed by atoms with Crippen LogP contribution in [0.15, 0.2) is 39.6 Å². The van der Waals surface area contributed by atoms with Crippen molar-refractivity contribution >= 4 is 21.8 Å². The van der Waals surface area contributed by atoms with Crippen molar-refractivity contribution in [3.8, 4) is 0 Å². The summed E-state index contributed by atoms with van der Waals surface area (Å²) >= 11 is 3.11. The molecule has 0 saturated carbocycles. The normalized spacial score (nSPS) is 21.6. The number of nitrogens with zero attached hydrogens (tertiary/aromatic N) is 2. The van der Waals surface area contributed by atoms with Crippen LogP contribution in [0.25, 0.3) is 0 Å². The van der Waals surface area contributed by atoms with Gasteiger partial charge in [0, 0.05) is 6.54 Å². The van der Waals surface area contributed by atoms with Crippen LogP contribution in [0, 0.1) is 0 Å². The number of carbonyl (C=O) groups excluding carboxylic acids is 1. The summed E-state index contributed by atoms with van der Waals surface area (Å²) in [6, 6.07) is 2.79. The fourth-order valence-electron chi connectivity index (χ4n) is 4.33. The molecule has 11 heteroatoms. The Hall–Kier alpha value is -2.30. The summed E-state index contributed by atoms with van der Waals surface area (Å²) in [5, 5.41) is 0. The third-order valence-electron chi connectivity index (χ3n) is 5.71. The minimum Gasteiger partial charge on any atom is -0.326 e. The van der Waals surface area contributed by atoms with E-state index in [9.17, 15) is 35.9 Å². The standard InChI is InChI=1S/C20H15BrF6N2O2/c21-14-4-5-16-18(31)29-13(9-28(16)17(14)30)2-1-3-15(29)10-6-11(19(22,23)24)8-12(7-10)20(25,26)27/h4-8,13,15H,1-3,9H2. The van der Waals surface area contributed by atoms with Gasteiger partial charge in [0.05, 0.1) is 27.7 Å². The van der Waals surface area contributed by atoms with Crippen molar-refractivity contribution in [2.45, 2.75) is 50.2 Å². The van der Waals surface area contributed by atoms with Crippen LogP contribution in [0.2, 0.25) is 0 Å². The van der Waals surface area contributed by atoms with E-state index < -0.39 is 47.0 Å². The van der Waals surface area contributed by atoms with Crippen LogP contribution in [0.5, 0.6) is 0 Å². The zero-order chi connectivity index (χ0) is 22.7. The predicted octanol–water partition coefficient (Wildman–Crippen LogP) is 5.40. The first-order valence-corrected chi connectivity index (χ1v) is 10.2. The molecule has 2 unspecified atom stereocenters. The molecule has 0 radical (unpaired) electrons. The number of aromatic nitrogens is 1. The first kappa shape index (κ1) is 21.9. The first-order valence-electron chi connectivity index (χ1n) is 9.39. The van der Waals surface area contributed by atoms with E-state index in [0.29, 0.717) is 25.0 Å². The van der Waals surface area contributed by atoms with Gasteiger partial charge in [0.2, 0.25) is 0 Å². The van der Waals surface area contributed by atoms with E-state index in [1.54, 1.807) is 0 Å². The van der Waals surface area contributed by atoms with Crippen LogP contribution in [0.3, 0.4) is 0 Å². The van der Waals surface area contributed by atoms with Crippen LogP contribution in [-0.4, -0.2) is 21.4 Å². The second kappa shape index (κ2) is 7.39. The summed E-state index contributed by atoms with van der Waals surface area (Å²) in [5.74, 6) is -0.587. The maximum atomic E-state index is 13.3. The molecule has 1 amide bonds. The monoisotopic (exact) mass is 508 g/mol. The number of halogens is 7. The minimum atomic E-state index is -4.97. The SMILES string of the molecule is O=C1c2ccc(Br)c(=O)n2CC2CCCC(c3cc(C(F)(F)F)cc(C(F)(F)F)c3)N12. The van der Waals surface area contributed by atoms with Gasteiger partial charge in [-0.15, -0.1) is 0 Å². The smallest absolute Gasteiger partial charge is 0.326 e. The summed E-state index contributed by atoms with van der Waals surface area (Å²) in [4.78, 5) is 26.9. The molecule has 2 aliphatic heterocycles. The molecule has 1 fully saturated rings. The summed E-state index contributed by atoms with van der Waals surface area (Å²) in [6.45, 7) is 0.126. The maximum absolute atomic E-state index is 13.3. The highest BCUT2D eigenvalue weighted by atomic mass is 79.9. The molecule has 166 valence electrons. The van der Waals surface area contributed by atoms with Crippen molar-refractivity contribution in [1.82, 2.24) is 9.47 Å². The molecule has 0 aliphatic carbocycles. The van der Waals surface area contributed by atoms with E-state index >= 15 is 0 Å². The number of amides is 1. The van der Waals surface area contributed by atoms with Gasteiger partial charge in [-0.05, 0) is 71.1 Å². The number of rotatable bonds is 1. The molecule has 31 heavy (non-hydrogen) atoms. The first-order chi connectivity index (χ1) is 14.4. The third kappa shape index (κ3) is 3.88. The predicted molar refractivity (Wildman–Crippen MR) is 101 cm³/mol. The molecule has 0 spiro atoms. The Morgan fingerprint density at radius 2 is 1.52 bits per heavy atom. The topological polar surface area (TPSA) is 42.3 Å². The van der Waals surface area contributed by atoms with Crippen LogP contribution in [0.4, 0.5) is 26.3 Å². The van der Waals surface area contributed by atoms with E-state index in [1.165, 1.54) is 21.6 Å². The zero-order valence-electron chi connectivity index (χ0n) is 15.7.